The van der Waals surface area contributed by atoms with Gasteiger partial charge in [-0.25, -0.2) is 9.59 Å². The summed E-state index contributed by atoms with van der Waals surface area (Å²) in [6.07, 6.45) is 1.44. The second kappa shape index (κ2) is 9.01. The zero-order chi connectivity index (χ0) is 21.5. The highest BCUT2D eigenvalue weighted by Gasteiger charge is 2.16. The predicted molar refractivity (Wildman–Crippen MR) is 109 cm³/mol. The fraction of sp³-hybridized carbons (Fsp3) is 0. The minimum atomic E-state index is -0.624. The molecule has 0 aliphatic carbocycles. The van der Waals surface area contributed by atoms with E-state index in [-0.39, 0.29) is 11.1 Å². The second-order valence-electron chi connectivity index (χ2n) is 6.06. The Balaban J connectivity index is 1.76. The van der Waals surface area contributed by atoms with E-state index in [2.05, 4.69) is 6.58 Å². The fourth-order valence-corrected chi connectivity index (χ4v) is 2.57. The molecule has 0 saturated carbocycles. The van der Waals surface area contributed by atoms with Gasteiger partial charge in [0.15, 0.2) is 0 Å². The molecule has 0 bridgehead atoms. The molecule has 0 fully saturated rings. The van der Waals surface area contributed by atoms with E-state index in [0.717, 1.165) is 0 Å². The van der Waals surface area contributed by atoms with Crippen molar-refractivity contribution < 1.29 is 19.1 Å². The first-order chi connectivity index (χ1) is 14.5. The Kier molecular flexibility index (Phi) is 6.02. The number of carbonyl (C=O) groups excluding carboxylic acids is 2. The Morgan fingerprint density at radius 3 is 1.73 bits per heavy atom. The highest BCUT2D eigenvalue weighted by atomic mass is 16.5. The maximum atomic E-state index is 12.5. The average molecular weight is 394 g/mol. The molecule has 0 N–H and O–H groups in total. The molecule has 0 saturated heterocycles. The molecule has 3 aromatic rings. The van der Waals surface area contributed by atoms with E-state index in [1.807, 2.05) is 12.1 Å². The zero-order valence-corrected chi connectivity index (χ0v) is 15.7. The minimum absolute atomic E-state index is 0.226. The molecule has 0 heterocycles. The topological polar surface area (TPSA) is 100 Å². The van der Waals surface area contributed by atoms with Gasteiger partial charge in [0.2, 0.25) is 0 Å². The third kappa shape index (κ3) is 4.59. The molecule has 144 valence electrons. The number of ether oxygens (including phenoxy) is 2. The van der Waals surface area contributed by atoms with Crippen LogP contribution < -0.4 is 9.47 Å². The number of esters is 2. The summed E-state index contributed by atoms with van der Waals surface area (Å²) in [7, 11) is 0. The normalized spacial score (nSPS) is 9.67. The minimum Gasteiger partial charge on any atom is -0.423 e. The van der Waals surface area contributed by atoms with Gasteiger partial charge in [-0.05, 0) is 72.3 Å². The van der Waals surface area contributed by atoms with Gasteiger partial charge in [-0.2, -0.15) is 10.5 Å². The summed E-state index contributed by atoms with van der Waals surface area (Å²) >= 11 is 0. The Labute approximate surface area is 172 Å². The van der Waals surface area contributed by atoms with Gasteiger partial charge in [0.1, 0.15) is 11.5 Å². The van der Waals surface area contributed by atoms with Gasteiger partial charge in [0, 0.05) is 0 Å². The molecular formula is C24H14N2O4. The summed E-state index contributed by atoms with van der Waals surface area (Å²) in [5, 5.41) is 17.6. The summed E-state index contributed by atoms with van der Waals surface area (Å²) in [6, 6.07) is 20.6. The number of nitriles is 2. The van der Waals surface area contributed by atoms with Crippen LogP contribution in [0.25, 0.3) is 6.08 Å². The van der Waals surface area contributed by atoms with E-state index in [0.29, 0.717) is 28.2 Å². The molecule has 0 aliphatic rings. The fourth-order valence-electron chi connectivity index (χ4n) is 2.57. The molecule has 0 radical (unpaired) electrons. The maximum absolute atomic E-state index is 12.5. The van der Waals surface area contributed by atoms with Crippen molar-refractivity contribution in [1.82, 2.24) is 0 Å². The van der Waals surface area contributed by atoms with Crippen LogP contribution >= 0.6 is 0 Å². The number of carbonyl (C=O) groups is 2. The monoisotopic (exact) mass is 394 g/mol. The van der Waals surface area contributed by atoms with Gasteiger partial charge >= 0.3 is 11.9 Å². The molecule has 3 aromatic carbocycles. The van der Waals surface area contributed by atoms with Crippen molar-refractivity contribution >= 4 is 18.0 Å². The van der Waals surface area contributed by atoms with Crippen LogP contribution in [0.3, 0.4) is 0 Å². The van der Waals surface area contributed by atoms with E-state index in [9.17, 15) is 9.59 Å². The van der Waals surface area contributed by atoms with Crippen molar-refractivity contribution in [3.8, 4) is 23.6 Å². The Morgan fingerprint density at radius 2 is 1.27 bits per heavy atom. The number of benzene rings is 3. The van der Waals surface area contributed by atoms with Crippen LogP contribution in [0.5, 0.6) is 11.5 Å². The third-order valence-corrected chi connectivity index (χ3v) is 4.12. The highest BCUT2D eigenvalue weighted by molar-refractivity contribution is 5.98. The van der Waals surface area contributed by atoms with Crippen LogP contribution in [-0.2, 0) is 0 Å². The molecule has 0 spiro atoms. The lowest BCUT2D eigenvalue weighted by molar-refractivity contribution is 0.0720. The van der Waals surface area contributed by atoms with E-state index in [4.69, 9.17) is 20.0 Å². The van der Waals surface area contributed by atoms with Crippen LogP contribution in [0.15, 0.2) is 73.3 Å². The van der Waals surface area contributed by atoms with Crippen molar-refractivity contribution in [1.29, 1.82) is 10.5 Å². The number of hydrogen-bond acceptors (Lipinski definition) is 6. The third-order valence-electron chi connectivity index (χ3n) is 4.12. The van der Waals surface area contributed by atoms with Crippen molar-refractivity contribution in [2.75, 3.05) is 0 Å². The lowest BCUT2D eigenvalue weighted by Crippen LogP contribution is -2.13. The summed E-state index contributed by atoms with van der Waals surface area (Å²) in [6.45, 7) is 3.68. The van der Waals surface area contributed by atoms with Crippen molar-refractivity contribution in [3.05, 3.63) is 101 Å². The number of hydrogen-bond donors (Lipinski definition) is 0. The highest BCUT2D eigenvalue weighted by Crippen LogP contribution is 2.20. The summed E-state index contributed by atoms with van der Waals surface area (Å²) in [5.41, 5.74) is 1.76. The molecular weight excluding hydrogens is 380 g/mol. The van der Waals surface area contributed by atoms with Gasteiger partial charge in [0.05, 0.1) is 34.4 Å². The van der Waals surface area contributed by atoms with Gasteiger partial charge in [-0.1, -0.05) is 12.7 Å². The van der Waals surface area contributed by atoms with Gasteiger partial charge < -0.3 is 9.47 Å². The van der Waals surface area contributed by atoms with E-state index in [1.165, 1.54) is 48.5 Å². The van der Waals surface area contributed by atoms with E-state index in [1.54, 1.807) is 24.3 Å². The number of rotatable bonds is 5. The lowest BCUT2D eigenvalue weighted by atomic mass is 10.0. The molecule has 0 aliphatic heterocycles. The first kappa shape index (κ1) is 20.1. The summed E-state index contributed by atoms with van der Waals surface area (Å²) in [5.74, 6) is -0.654. The first-order valence-corrected chi connectivity index (χ1v) is 8.75. The molecule has 30 heavy (non-hydrogen) atoms. The SMILES string of the molecule is C=Cc1cc(C(=O)Oc2ccc(C#N)cc2)ccc1C(=O)Oc1ccc(C#N)cc1. The largest absolute Gasteiger partial charge is 0.423 e. The van der Waals surface area contributed by atoms with Gasteiger partial charge in [-0.3, -0.25) is 0 Å². The van der Waals surface area contributed by atoms with E-state index >= 15 is 0 Å². The van der Waals surface area contributed by atoms with E-state index < -0.39 is 11.9 Å². The van der Waals surface area contributed by atoms with Crippen LogP contribution in [0.4, 0.5) is 0 Å². The lowest BCUT2D eigenvalue weighted by Gasteiger charge is -2.09. The molecule has 0 amide bonds. The Bertz CT molecular complexity index is 1200. The van der Waals surface area contributed by atoms with Crippen molar-refractivity contribution in [2.24, 2.45) is 0 Å². The van der Waals surface area contributed by atoms with Crippen molar-refractivity contribution in [2.45, 2.75) is 0 Å². The number of nitrogens with zero attached hydrogens (tertiary/aromatic N) is 2. The molecule has 0 unspecified atom stereocenters. The molecule has 0 aromatic heterocycles. The standard InChI is InChI=1S/C24H14N2O4/c1-2-18-13-19(23(27)29-20-8-3-16(14-25)4-9-20)7-12-22(18)24(28)30-21-10-5-17(15-26)6-11-21/h2-13H,1H2. The van der Waals surface area contributed by atoms with Gasteiger partial charge in [-0.15, -0.1) is 0 Å². The summed E-state index contributed by atoms with van der Waals surface area (Å²) in [4.78, 5) is 24.9. The average Bonchev–Trinajstić information content (AvgIpc) is 2.79. The quantitative estimate of drug-likeness (QED) is 0.466. The molecule has 3 rings (SSSR count). The molecule has 6 heteroatoms. The predicted octanol–water partition coefficient (Wildman–Crippen LogP) is 4.51. The Hall–Kier alpha value is -4.68. The Morgan fingerprint density at radius 1 is 0.767 bits per heavy atom. The smallest absolute Gasteiger partial charge is 0.344 e. The zero-order valence-electron chi connectivity index (χ0n) is 15.7. The van der Waals surface area contributed by atoms with Crippen LogP contribution in [-0.4, -0.2) is 11.9 Å². The van der Waals surface area contributed by atoms with Crippen LogP contribution in [0.1, 0.15) is 37.4 Å². The second-order valence-corrected chi connectivity index (χ2v) is 6.06. The van der Waals surface area contributed by atoms with Gasteiger partial charge in [0.25, 0.3) is 0 Å². The van der Waals surface area contributed by atoms with Crippen LogP contribution in [0, 0.1) is 22.7 Å². The molecule has 6 nitrogen and oxygen atoms in total. The van der Waals surface area contributed by atoms with Crippen molar-refractivity contribution in [3.63, 3.8) is 0 Å². The maximum Gasteiger partial charge on any atom is 0.344 e. The first-order valence-electron chi connectivity index (χ1n) is 8.75. The summed E-state index contributed by atoms with van der Waals surface area (Å²) < 4.78 is 10.6. The molecule has 0 atom stereocenters. The van der Waals surface area contributed by atoms with Crippen LogP contribution in [0.2, 0.25) is 0 Å².